The summed E-state index contributed by atoms with van der Waals surface area (Å²) >= 11 is 5.71. The lowest BCUT2D eigenvalue weighted by Gasteiger charge is -2.12. The van der Waals surface area contributed by atoms with Crippen LogP contribution in [0.3, 0.4) is 0 Å². The van der Waals surface area contributed by atoms with Crippen molar-refractivity contribution in [1.29, 1.82) is 0 Å². The fourth-order valence-corrected chi connectivity index (χ4v) is 2.38. The van der Waals surface area contributed by atoms with Gasteiger partial charge in [0.2, 0.25) is 0 Å². The van der Waals surface area contributed by atoms with Crippen molar-refractivity contribution in [3.05, 3.63) is 68.2 Å². The molecule has 0 radical (unpaired) electrons. The van der Waals surface area contributed by atoms with E-state index >= 15 is 0 Å². The van der Waals surface area contributed by atoms with E-state index in [-0.39, 0.29) is 21.8 Å². The topological polar surface area (TPSA) is 101 Å². The number of carbonyl (C=O) groups is 2. The Bertz CT molecular complexity index is 948. The van der Waals surface area contributed by atoms with Gasteiger partial charge in [-0.15, -0.1) is 0 Å². The number of amides is 2. The summed E-state index contributed by atoms with van der Waals surface area (Å²) in [5.74, 6) is -1.82. The first-order chi connectivity index (χ1) is 13.0. The van der Waals surface area contributed by atoms with Crippen LogP contribution in [0, 0.1) is 17.0 Å². The quantitative estimate of drug-likeness (QED) is 0.567. The van der Waals surface area contributed by atoms with Gasteiger partial charge in [0.05, 0.1) is 4.92 Å². The summed E-state index contributed by atoms with van der Waals surface area (Å²) in [7, 11) is 0. The zero-order chi connectivity index (χ0) is 21.1. The van der Waals surface area contributed by atoms with E-state index in [1.54, 1.807) is 12.2 Å². The first-order valence-electron chi connectivity index (χ1n) is 7.69. The number of benzene rings is 2. The summed E-state index contributed by atoms with van der Waals surface area (Å²) in [6.45, 7) is 0.0850. The summed E-state index contributed by atoms with van der Waals surface area (Å²) in [5, 5.41) is 15.3. The molecule has 0 aliphatic rings. The number of rotatable bonds is 5. The smallest absolute Gasteiger partial charge is 0.343 e. The molecule has 0 spiro atoms. The minimum Gasteiger partial charge on any atom is -0.343 e. The number of hydrogen-bond acceptors (Lipinski definition) is 4. The largest absolute Gasteiger partial charge is 0.405 e. The lowest BCUT2D eigenvalue weighted by molar-refractivity contribution is -0.385. The fraction of sp³-hybridized carbons (Fsp3) is 0.176. The van der Waals surface area contributed by atoms with Gasteiger partial charge in [0.1, 0.15) is 12.1 Å². The normalized spacial score (nSPS) is 11.0. The maximum atomic E-state index is 12.4. The number of alkyl halides is 3. The molecule has 0 unspecified atom stereocenters. The zero-order valence-corrected chi connectivity index (χ0v) is 15.0. The number of carbonyl (C=O) groups excluding carboxylic acids is 2. The zero-order valence-electron chi connectivity index (χ0n) is 14.3. The average molecular weight is 416 g/mol. The van der Waals surface area contributed by atoms with E-state index in [0.717, 1.165) is 6.07 Å². The number of anilines is 1. The molecule has 0 aliphatic heterocycles. The predicted molar refractivity (Wildman–Crippen MR) is 95.6 cm³/mol. The van der Waals surface area contributed by atoms with Gasteiger partial charge in [-0.1, -0.05) is 17.7 Å². The molecule has 0 heterocycles. The lowest BCUT2D eigenvalue weighted by Crippen LogP contribution is -2.33. The molecule has 0 bridgehead atoms. The predicted octanol–water partition coefficient (Wildman–Crippen LogP) is 4.10. The molecule has 7 nitrogen and oxygen atoms in total. The Morgan fingerprint density at radius 2 is 1.82 bits per heavy atom. The van der Waals surface area contributed by atoms with E-state index in [9.17, 15) is 32.9 Å². The molecule has 0 atom stereocenters. The molecule has 148 valence electrons. The maximum absolute atomic E-state index is 12.4. The van der Waals surface area contributed by atoms with E-state index in [4.69, 9.17) is 11.6 Å². The van der Waals surface area contributed by atoms with Crippen molar-refractivity contribution in [2.45, 2.75) is 13.1 Å². The number of nitro groups is 1. The van der Waals surface area contributed by atoms with Gasteiger partial charge in [-0.3, -0.25) is 19.7 Å². The molecule has 2 N–H and O–H groups in total. The Morgan fingerprint density at radius 1 is 1.14 bits per heavy atom. The molecule has 2 aromatic carbocycles. The number of hydrogen-bond donors (Lipinski definition) is 2. The number of halogens is 4. The van der Waals surface area contributed by atoms with Gasteiger partial charge in [0.25, 0.3) is 17.5 Å². The highest BCUT2D eigenvalue weighted by molar-refractivity contribution is 6.31. The Kier molecular flexibility index (Phi) is 6.24. The minimum absolute atomic E-state index is 0.0720. The van der Waals surface area contributed by atoms with Crippen molar-refractivity contribution in [1.82, 2.24) is 5.32 Å². The van der Waals surface area contributed by atoms with E-state index in [1.807, 2.05) is 0 Å². The van der Waals surface area contributed by atoms with E-state index in [0.29, 0.717) is 5.56 Å². The minimum atomic E-state index is -4.56. The van der Waals surface area contributed by atoms with Crippen molar-refractivity contribution in [2.24, 2.45) is 0 Å². The first kappa shape index (κ1) is 21.2. The van der Waals surface area contributed by atoms with Gasteiger partial charge in [0.15, 0.2) is 0 Å². The van der Waals surface area contributed by atoms with Gasteiger partial charge < -0.3 is 10.6 Å². The second-order valence-corrected chi connectivity index (χ2v) is 6.14. The molecule has 0 fully saturated rings. The lowest BCUT2D eigenvalue weighted by atomic mass is 10.1. The average Bonchev–Trinajstić information content (AvgIpc) is 2.60. The van der Waals surface area contributed by atoms with Crippen molar-refractivity contribution < 1.29 is 27.7 Å². The number of aryl methyl sites for hydroxylation is 1. The maximum Gasteiger partial charge on any atom is 0.405 e. The van der Waals surface area contributed by atoms with Crippen LogP contribution in [0.25, 0.3) is 0 Å². The summed E-state index contributed by atoms with van der Waals surface area (Å²) in [6.07, 6.45) is -4.56. The summed E-state index contributed by atoms with van der Waals surface area (Å²) in [5.41, 5.74) is -0.274. The first-order valence-corrected chi connectivity index (χ1v) is 8.06. The van der Waals surface area contributed by atoms with Crippen LogP contribution in [0.4, 0.5) is 24.5 Å². The Hall–Kier alpha value is -3.14. The monoisotopic (exact) mass is 415 g/mol. The van der Waals surface area contributed by atoms with Gasteiger partial charge in [-0.2, -0.15) is 13.2 Å². The number of nitrogens with one attached hydrogen (secondary N) is 2. The highest BCUT2D eigenvalue weighted by Gasteiger charge is 2.28. The van der Waals surface area contributed by atoms with E-state index in [1.165, 1.54) is 30.3 Å². The molecular formula is C17H13ClF3N3O4. The molecule has 0 saturated heterocycles. The van der Waals surface area contributed by atoms with E-state index in [2.05, 4.69) is 5.32 Å². The van der Waals surface area contributed by atoms with Gasteiger partial charge >= 0.3 is 6.18 Å². The van der Waals surface area contributed by atoms with Crippen LogP contribution < -0.4 is 10.6 Å². The van der Waals surface area contributed by atoms with Crippen LogP contribution in [-0.2, 0) is 0 Å². The molecule has 28 heavy (non-hydrogen) atoms. The second kappa shape index (κ2) is 8.26. The van der Waals surface area contributed by atoms with Gasteiger partial charge in [0, 0.05) is 22.3 Å². The Labute approximate surface area is 161 Å². The third-order valence-corrected chi connectivity index (χ3v) is 3.83. The van der Waals surface area contributed by atoms with Crippen LogP contribution in [-0.4, -0.2) is 29.5 Å². The molecule has 2 rings (SSSR count). The van der Waals surface area contributed by atoms with Gasteiger partial charge in [-0.05, 0) is 36.8 Å². The molecule has 0 aliphatic carbocycles. The molecule has 2 aromatic rings. The van der Waals surface area contributed by atoms with Crippen molar-refractivity contribution in [2.75, 3.05) is 11.9 Å². The standard InChI is InChI=1S/C17H13ClF3N3O4/c1-9-2-3-10(15(25)22-8-17(19,20)21)6-13(9)23-16(26)12-5-4-11(18)7-14(12)24(27)28/h2-7H,8H2,1H3,(H,22,25)(H,23,26). The Morgan fingerprint density at radius 3 is 2.43 bits per heavy atom. The van der Waals surface area contributed by atoms with Crippen LogP contribution in [0.1, 0.15) is 26.3 Å². The van der Waals surface area contributed by atoms with Crippen molar-refractivity contribution >= 4 is 34.8 Å². The SMILES string of the molecule is Cc1ccc(C(=O)NCC(F)(F)F)cc1NC(=O)c1ccc(Cl)cc1[N+](=O)[O-]. The molecular weight excluding hydrogens is 403 g/mol. The van der Waals surface area contributed by atoms with Crippen LogP contribution >= 0.6 is 11.6 Å². The van der Waals surface area contributed by atoms with Crippen LogP contribution in [0.5, 0.6) is 0 Å². The second-order valence-electron chi connectivity index (χ2n) is 5.70. The molecule has 2 amide bonds. The Balaban J connectivity index is 2.26. The fourth-order valence-electron chi connectivity index (χ4n) is 2.22. The molecule has 11 heteroatoms. The highest BCUT2D eigenvalue weighted by Crippen LogP contribution is 2.25. The molecule has 0 saturated carbocycles. The van der Waals surface area contributed by atoms with E-state index < -0.39 is 35.1 Å². The summed E-state index contributed by atoms with van der Waals surface area (Å²) in [6, 6.07) is 7.39. The highest BCUT2D eigenvalue weighted by atomic mass is 35.5. The van der Waals surface area contributed by atoms with Crippen molar-refractivity contribution in [3.8, 4) is 0 Å². The van der Waals surface area contributed by atoms with Crippen molar-refractivity contribution in [3.63, 3.8) is 0 Å². The number of nitrogens with zero attached hydrogens (tertiary/aromatic N) is 1. The van der Waals surface area contributed by atoms with Gasteiger partial charge in [-0.25, -0.2) is 0 Å². The third-order valence-electron chi connectivity index (χ3n) is 3.60. The van der Waals surface area contributed by atoms with Crippen LogP contribution in [0.2, 0.25) is 5.02 Å². The third kappa shape index (κ3) is 5.43. The molecule has 0 aromatic heterocycles. The summed E-state index contributed by atoms with van der Waals surface area (Å²) < 4.78 is 36.7. The summed E-state index contributed by atoms with van der Waals surface area (Å²) in [4.78, 5) is 34.6. The number of nitro benzene ring substituents is 1. The van der Waals surface area contributed by atoms with Crippen LogP contribution in [0.15, 0.2) is 36.4 Å².